The van der Waals surface area contributed by atoms with Gasteiger partial charge < -0.3 is 0 Å². The molecular formula is C7H12N2S. The SMILES string of the molecule is CC(C)(C)Cc1cnsn1. The van der Waals surface area contributed by atoms with Crippen LogP contribution in [-0.4, -0.2) is 8.75 Å². The second-order valence-electron chi connectivity index (χ2n) is 3.64. The van der Waals surface area contributed by atoms with Crippen molar-refractivity contribution in [3.63, 3.8) is 0 Å². The predicted octanol–water partition coefficient (Wildman–Crippen LogP) is 2.13. The lowest BCUT2D eigenvalue weighted by atomic mass is 9.91. The maximum absolute atomic E-state index is 4.13. The Morgan fingerprint density at radius 3 is 2.60 bits per heavy atom. The van der Waals surface area contributed by atoms with Crippen LogP contribution in [0, 0.1) is 5.41 Å². The molecule has 0 aliphatic heterocycles. The van der Waals surface area contributed by atoms with Gasteiger partial charge in [0.05, 0.1) is 23.6 Å². The van der Waals surface area contributed by atoms with Crippen LogP contribution < -0.4 is 0 Å². The quantitative estimate of drug-likeness (QED) is 0.622. The van der Waals surface area contributed by atoms with Gasteiger partial charge in [-0.1, -0.05) is 20.8 Å². The summed E-state index contributed by atoms with van der Waals surface area (Å²) in [5.74, 6) is 0. The van der Waals surface area contributed by atoms with Crippen molar-refractivity contribution < 1.29 is 0 Å². The van der Waals surface area contributed by atoms with Gasteiger partial charge in [-0.2, -0.15) is 8.75 Å². The zero-order valence-corrected chi connectivity index (χ0v) is 7.40. The van der Waals surface area contributed by atoms with Crippen LogP contribution in [0.2, 0.25) is 0 Å². The highest BCUT2D eigenvalue weighted by Gasteiger charge is 2.12. The molecule has 1 rings (SSSR count). The van der Waals surface area contributed by atoms with Crippen LogP contribution in [0.4, 0.5) is 0 Å². The first-order valence-electron chi connectivity index (χ1n) is 3.34. The molecule has 2 nitrogen and oxygen atoms in total. The van der Waals surface area contributed by atoms with Gasteiger partial charge in [0.15, 0.2) is 0 Å². The summed E-state index contributed by atoms with van der Waals surface area (Å²) in [6.45, 7) is 6.60. The molecule has 0 bridgehead atoms. The third kappa shape index (κ3) is 2.43. The second-order valence-corrected chi connectivity index (χ2v) is 4.19. The van der Waals surface area contributed by atoms with Crippen molar-refractivity contribution in [2.45, 2.75) is 27.2 Å². The molecule has 0 spiro atoms. The van der Waals surface area contributed by atoms with Gasteiger partial charge in [0.2, 0.25) is 0 Å². The summed E-state index contributed by atoms with van der Waals surface area (Å²) in [6, 6.07) is 0. The first-order valence-corrected chi connectivity index (χ1v) is 4.07. The van der Waals surface area contributed by atoms with E-state index in [0.717, 1.165) is 12.1 Å². The molecular weight excluding hydrogens is 144 g/mol. The zero-order valence-electron chi connectivity index (χ0n) is 6.59. The van der Waals surface area contributed by atoms with Crippen LogP contribution in [-0.2, 0) is 6.42 Å². The van der Waals surface area contributed by atoms with E-state index in [0.29, 0.717) is 5.41 Å². The normalized spacial score (nSPS) is 11.9. The second kappa shape index (κ2) is 2.66. The van der Waals surface area contributed by atoms with Crippen LogP contribution in [0.15, 0.2) is 6.20 Å². The smallest absolute Gasteiger partial charge is 0.0748 e. The maximum Gasteiger partial charge on any atom is 0.0748 e. The fourth-order valence-electron chi connectivity index (χ4n) is 0.805. The molecule has 0 fully saturated rings. The van der Waals surface area contributed by atoms with Crippen molar-refractivity contribution in [3.05, 3.63) is 11.9 Å². The molecule has 10 heavy (non-hydrogen) atoms. The monoisotopic (exact) mass is 156 g/mol. The van der Waals surface area contributed by atoms with E-state index < -0.39 is 0 Å². The molecule has 56 valence electrons. The highest BCUT2D eigenvalue weighted by atomic mass is 32.1. The Balaban J connectivity index is 2.57. The molecule has 1 aromatic heterocycles. The Kier molecular flexibility index (Phi) is 2.04. The predicted molar refractivity (Wildman–Crippen MR) is 43.1 cm³/mol. The van der Waals surface area contributed by atoms with Crippen LogP contribution >= 0.6 is 11.7 Å². The van der Waals surface area contributed by atoms with E-state index in [1.54, 1.807) is 0 Å². The minimum atomic E-state index is 0.329. The minimum absolute atomic E-state index is 0.329. The molecule has 1 heterocycles. The standard InChI is InChI=1S/C7H12N2S/c1-7(2,3)4-6-5-8-10-9-6/h5H,4H2,1-3H3. The fraction of sp³-hybridized carbons (Fsp3) is 0.714. The van der Waals surface area contributed by atoms with E-state index in [-0.39, 0.29) is 0 Å². The largest absolute Gasteiger partial charge is 0.181 e. The van der Waals surface area contributed by atoms with Crippen LogP contribution in [0.3, 0.4) is 0 Å². The Morgan fingerprint density at radius 2 is 2.20 bits per heavy atom. The number of aromatic nitrogens is 2. The van der Waals surface area contributed by atoms with Gasteiger partial charge in [0, 0.05) is 0 Å². The first kappa shape index (κ1) is 7.66. The summed E-state index contributed by atoms with van der Waals surface area (Å²) in [6.07, 6.45) is 2.86. The average Bonchev–Trinajstić information content (AvgIpc) is 2.12. The molecule has 0 unspecified atom stereocenters. The van der Waals surface area contributed by atoms with Gasteiger partial charge in [-0.05, 0) is 11.8 Å². The number of hydrogen-bond acceptors (Lipinski definition) is 3. The molecule has 0 atom stereocenters. The summed E-state index contributed by atoms with van der Waals surface area (Å²) >= 11 is 1.28. The molecule has 0 aliphatic carbocycles. The lowest BCUT2D eigenvalue weighted by Gasteiger charge is -2.15. The summed E-state index contributed by atoms with van der Waals surface area (Å²) in [5, 5.41) is 0. The van der Waals surface area contributed by atoms with Gasteiger partial charge in [0.25, 0.3) is 0 Å². The van der Waals surface area contributed by atoms with Crippen LogP contribution in [0.5, 0.6) is 0 Å². The maximum atomic E-state index is 4.13. The molecule has 0 amide bonds. The van der Waals surface area contributed by atoms with Crippen molar-refractivity contribution in [1.82, 2.24) is 8.75 Å². The zero-order chi connectivity index (χ0) is 7.61. The number of rotatable bonds is 1. The fourth-order valence-corrected chi connectivity index (χ4v) is 1.24. The van der Waals surface area contributed by atoms with Gasteiger partial charge in [-0.25, -0.2) is 0 Å². The summed E-state index contributed by atoms with van der Waals surface area (Å²) in [7, 11) is 0. The topological polar surface area (TPSA) is 25.8 Å². The van der Waals surface area contributed by atoms with E-state index in [9.17, 15) is 0 Å². The van der Waals surface area contributed by atoms with Crippen molar-refractivity contribution in [1.29, 1.82) is 0 Å². The molecule has 3 heteroatoms. The van der Waals surface area contributed by atoms with Crippen LogP contribution in [0.25, 0.3) is 0 Å². The lowest BCUT2D eigenvalue weighted by Crippen LogP contribution is -2.08. The number of nitrogens with zero attached hydrogens (tertiary/aromatic N) is 2. The van der Waals surface area contributed by atoms with E-state index in [4.69, 9.17) is 0 Å². The van der Waals surface area contributed by atoms with E-state index in [1.807, 2.05) is 6.20 Å². The average molecular weight is 156 g/mol. The molecule has 0 aromatic carbocycles. The van der Waals surface area contributed by atoms with Gasteiger partial charge in [0.1, 0.15) is 0 Å². The Hall–Kier alpha value is -0.440. The van der Waals surface area contributed by atoms with Gasteiger partial charge >= 0.3 is 0 Å². The number of hydrogen-bond donors (Lipinski definition) is 0. The summed E-state index contributed by atoms with van der Waals surface area (Å²) < 4.78 is 8.07. The van der Waals surface area contributed by atoms with E-state index in [2.05, 4.69) is 29.5 Å². The van der Waals surface area contributed by atoms with Crippen molar-refractivity contribution >= 4 is 11.7 Å². The molecule has 1 aromatic rings. The van der Waals surface area contributed by atoms with Crippen LogP contribution in [0.1, 0.15) is 26.5 Å². The molecule has 0 radical (unpaired) electrons. The molecule has 0 saturated carbocycles. The van der Waals surface area contributed by atoms with Gasteiger partial charge in [-0.3, -0.25) is 0 Å². The third-order valence-electron chi connectivity index (χ3n) is 1.12. The Bertz CT molecular complexity index is 186. The Labute approximate surface area is 65.6 Å². The van der Waals surface area contributed by atoms with E-state index >= 15 is 0 Å². The Morgan fingerprint density at radius 1 is 1.50 bits per heavy atom. The minimum Gasteiger partial charge on any atom is -0.181 e. The van der Waals surface area contributed by atoms with Crippen molar-refractivity contribution in [2.75, 3.05) is 0 Å². The van der Waals surface area contributed by atoms with E-state index in [1.165, 1.54) is 11.7 Å². The summed E-state index contributed by atoms with van der Waals surface area (Å²) in [4.78, 5) is 0. The third-order valence-corrected chi connectivity index (χ3v) is 1.63. The first-order chi connectivity index (χ1) is 4.58. The molecule has 0 N–H and O–H groups in total. The molecule has 0 saturated heterocycles. The van der Waals surface area contributed by atoms with Gasteiger partial charge in [-0.15, -0.1) is 0 Å². The lowest BCUT2D eigenvalue weighted by molar-refractivity contribution is 0.407. The van der Waals surface area contributed by atoms with Crippen molar-refractivity contribution in [2.24, 2.45) is 5.41 Å². The highest BCUT2D eigenvalue weighted by Crippen LogP contribution is 2.18. The van der Waals surface area contributed by atoms with Crippen molar-refractivity contribution in [3.8, 4) is 0 Å². The highest BCUT2D eigenvalue weighted by molar-refractivity contribution is 6.99. The summed E-state index contributed by atoms with van der Waals surface area (Å²) in [5.41, 5.74) is 1.44. The molecule has 0 aliphatic rings.